The normalized spacial score (nSPS) is 10.3. The number of nitrogens with one attached hydrogen (secondary N) is 1. The molecule has 2 heterocycles. The zero-order valence-corrected chi connectivity index (χ0v) is 11.2. The highest BCUT2D eigenvalue weighted by Gasteiger charge is 2.07. The summed E-state index contributed by atoms with van der Waals surface area (Å²) in [5.74, 6) is 0.838. The standard InChI is InChI=1S/C12H15N5S/c1-8-16-10(7-18-8)6-17(2)11-5-9(12(13)14)3-4-15-11/h3-5,7H,6H2,1-2H3,(H3,13,14). The van der Waals surface area contributed by atoms with Crippen LogP contribution in [0.1, 0.15) is 16.3 Å². The molecule has 5 nitrogen and oxygen atoms in total. The molecule has 6 heteroatoms. The monoisotopic (exact) mass is 261 g/mol. The van der Waals surface area contributed by atoms with E-state index in [0.29, 0.717) is 12.1 Å². The molecule has 0 aliphatic carbocycles. The third-order valence-electron chi connectivity index (χ3n) is 2.51. The highest BCUT2D eigenvalue weighted by molar-refractivity contribution is 7.09. The Morgan fingerprint density at radius 3 is 2.94 bits per heavy atom. The third kappa shape index (κ3) is 2.84. The summed E-state index contributed by atoms with van der Waals surface area (Å²) in [5.41, 5.74) is 7.17. The van der Waals surface area contributed by atoms with E-state index < -0.39 is 0 Å². The fourth-order valence-corrected chi connectivity index (χ4v) is 2.20. The van der Waals surface area contributed by atoms with Crippen molar-refractivity contribution in [3.05, 3.63) is 40.0 Å². The van der Waals surface area contributed by atoms with Crippen LogP contribution >= 0.6 is 11.3 Å². The second-order valence-electron chi connectivity index (χ2n) is 4.03. The predicted octanol–water partition coefficient (Wildman–Crippen LogP) is 1.77. The summed E-state index contributed by atoms with van der Waals surface area (Å²) < 4.78 is 0. The molecule has 18 heavy (non-hydrogen) atoms. The lowest BCUT2D eigenvalue weighted by molar-refractivity contribution is 0.870. The lowest BCUT2D eigenvalue weighted by Gasteiger charge is -2.17. The molecule has 0 radical (unpaired) electrons. The number of aromatic nitrogens is 2. The van der Waals surface area contributed by atoms with Crippen LogP contribution in [0.3, 0.4) is 0 Å². The van der Waals surface area contributed by atoms with E-state index in [2.05, 4.69) is 9.97 Å². The van der Waals surface area contributed by atoms with Gasteiger partial charge in [-0.05, 0) is 19.1 Å². The van der Waals surface area contributed by atoms with Crippen molar-refractivity contribution in [3.63, 3.8) is 0 Å². The number of anilines is 1. The molecule has 94 valence electrons. The number of amidine groups is 1. The highest BCUT2D eigenvalue weighted by atomic mass is 32.1. The van der Waals surface area contributed by atoms with Gasteiger partial charge in [0.05, 0.1) is 17.2 Å². The van der Waals surface area contributed by atoms with Crippen molar-refractivity contribution in [2.45, 2.75) is 13.5 Å². The zero-order valence-electron chi connectivity index (χ0n) is 10.3. The van der Waals surface area contributed by atoms with E-state index in [1.165, 1.54) is 0 Å². The van der Waals surface area contributed by atoms with Crippen molar-refractivity contribution >= 4 is 23.0 Å². The van der Waals surface area contributed by atoms with Crippen molar-refractivity contribution in [2.75, 3.05) is 11.9 Å². The summed E-state index contributed by atoms with van der Waals surface area (Å²) in [7, 11) is 1.95. The van der Waals surface area contributed by atoms with E-state index in [4.69, 9.17) is 11.1 Å². The lowest BCUT2D eigenvalue weighted by atomic mass is 10.2. The molecule has 0 spiro atoms. The average molecular weight is 261 g/mol. The Labute approximate surface area is 110 Å². The summed E-state index contributed by atoms with van der Waals surface area (Å²) in [6.45, 7) is 2.68. The maximum atomic E-state index is 7.42. The van der Waals surface area contributed by atoms with Crippen LogP contribution in [-0.4, -0.2) is 22.9 Å². The van der Waals surface area contributed by atoms with Gasteiger partial charge in [-0.1, -0.05) is 0 Å². The highest BCUT2D eigenvalue weighted by Crippen LogP contribution is 2.15. The van der Waals surface area contributed by atoms with Gasteiger partial charge in [0.2, 0.25) is 0 Å². The van der Waals surface area contributed by atoms with Gasteiger partial charge in [0.25, 0.3) is 0 Å². The molecular weight excluding hydrogens is 246 g/mol. The van der Waals surface area contributed by atoms with Crippen molar-refractivity contribution in [2.24, 2.45) is 5.73 Å². The maximum Gasteiger partial charge on any atom is 0.129 e. The third-order valence-corrected chi connectivity index (χ3v) is 3.34. The molecule has 0 unspecified atom stereocenters. The van der Waals surface area contributed by atoms with Crippen LogP contribution in [0.15, 0.2) is 23.7 Å². The Hall–Kier alpha value is -1.95. The van der Waals surface area contributed by atoms with Crippen LogP contribution in [0.25, 0.3) is 0 Å². The van der Waals surface area contributed by atoms with Crippen LogP contribution in [0.4, 0.5) is 5.82 Å². The SMILES string of the molecule is Cc1nc(CN(C)c2cc(C(=N)N)ccn2)cs1. The van der Waals surface area contributed by atoms with E-state index >= 15 is 0 Å². The van der Waals surface area contributed by atoms with E-state index in [-0.39, 0.29) is 5.84 Å². The van der Waals surface area contributed by atoms with Gasteiger partial charge in [-0.15, -0.1) is 11.3 Å². The maximum absolute atomic E-state index is 7.42. The van der Waals surface area contributed by atoms with Gasteiger partial charge in [-0.3, -0.25) is 5.41 Å². The smallest absolute Gasteiger partial charge is 0.129 e. The Balaban J connectivity index is 2.15. The van der Waals surface area contributed by atoms with Crippen LogP contribution in [0.2, 0.25) is 0 Å². The van der Waals surface area contributed by atoms with Crippen LogP contribution < -0.4 is 10.6 Å². The Kier molecular flexibility index (Phi) is 3.57. The van der Waals surface area contributed by atoms with E-state index in [9.17, 15) is 0 Å². The second-order valence-corrected chi connectivity index (χ2v) is 5.09. The second kappa shape index (κ2) is 5.14. The first kappa shape index (κ1) is 12.5. The molecule has 0 aliphatic heterocycles. The zero-order chi connectivity index (χ0) is 13.1. The summed E-state index contributed by atoms with van der Waals surface area (Å²) >= 11 is 1.64. The molecule has 2 rings (SSSR count). The minimum atomic E-state index is 0.0524. The summed E-state index contributed by atoms with van der Waals surface area (Å²) in [6, 6.07) is 3.54. The molecule has 0 saturated heterocycles. The van der Waals surface area contributed by atoms with Crippen LogP contribution in [0, 0.1) is 12.3 Å². The number of hydrogen-bond acceptors (Lipinski definition) is 5. The van der Waals surface area contributed by atoms with Crippen LogP contribution in [0.5, 0.6) is 0 Å². The Morgan fingerprint density at radius 1 is 1.56 bits per heavy atom. The van der Waals surface area contributed by atoms with Gasteiger partial charge in [-0.25, -0.2) is 9.97 Å². The number of nitrogen functional groups attached to an aromatic ring is 1. The molecular formula is C12H15N5S. The molecule has 3 N–H and O–H groups in total. The lowest BCUT2D eigenvalue weighted by Crippen LogP contribution is -2.19. The van der Waals surface area contributed by atoms with Crippen molar-refractivity contribution in [1.29, 1.82) is 5.41 Å². The molecule has 0 aromatic carbocycles. The number of nitrogens with two attached hydrogens (primary N) is 1. The molecule has 0 fully saturated rings. The van der Waals surface area contributed by atoms with E-state index in [1.54, 1.807) is 23.6 Å². The number of hydrogen-bond donors (Lipinski definition) is 2. The van der Waals surface area contributed by atoms with Gasteiger partial charge in [0.1, 0.15) is 11.7 Å². The van der Waals surface area contributed by atoms with Gasteiger partial charge in [-0.2, -0.15) is 0 Å². The number of thiazole rings is 1. The number of aryl methyl sites for hydroxylation is 1. The number of nitrogens with zero attached hydrogens (tertiary/aromatic N) is 3. The molecule has 2 aromatic rings. The molecule has 0 saturated carbocycles. The summed E-state index contributed by atoms with van der Waals surface area (Å²) in [4.78, 5) is 10.7. The molecule has 0 atom stereocenters. The van der Waals surface area contributed by atoms with E-state index in [1.807, 2.05) is 30.3 Å². The molecule has 0 bridgehead atoms. The average Bonchev–Trinajstić information content (AvgIpc) is 2.75. The molecule has 0 amide bonds. The molecule has 2 aromatic heterocycles. The number of pyridine rings is 1. The largest absolute Gasteiger partial charge is 0.384 e. The Morgan fingerprint density at radius 2 is 2.33 bits per heavy atom. The van der Waals surface area contributed by atoms with Crippen molar-refractivity contribution in [3.8, 4) is 0 Å². The summed E-state index contributed by atoms with van der Waals surface area (Å²) in [5, 5.41) is 10.5. The van der Waals surface area contributed by atoms with Gasteiger partial charge < -0.3 is 10.6 Å². The number of rotatable bonds is 4. The van der Waals surface area contributed by atoms with Crippen molar-refractivity contribution < 1.29 is 0 Å². The summed E-state index contributed by atoms with van der Waals surface area (Å²) in [6.07, 6.45) is 1.66. The van der Waals surface area contributed by atoms with Gasteiger partial charge >= 0.3 is 0 Å². The van der Waals surface area contributed by atoms with Gasteiger partial charge in [0.15, 0.2) is 0 Å². The first-order valence-electron chi connectivity index (χ1n) is 5.49. The fourth-order valence-electron chi connectivity index (χ4n) is 1.60. The minimum Gasteiger partial charge on any atom is -0.384 e. The first-order chi connectivity index (χ1) is 8.56. The van der Waals surface area contributed by atoms with Crippen molar-refractivity contribution in [1.82, 2.24) is 9.97 Å². The quantitative estimate of drug-likeness (QED) is 0.649. The fraction of sp³-hybridized carbons (Fsp3) is 0.250. The molecule has 0 aliphatic rings. The first-order valence-corrected chi connectivity index (χ1v) is 6.37. The van der Waals surface area contributed by atoms with E-state index in [0.717, 1.165) is 16.5 Å². The van der Waals surface area contributed by atoms with Crippen LogP contribution in [-0.2, 0) is 6.54 Å². The van der Waals surface area contributed by atoms with Gasteiger partial charge in [0, 0.05) is 24.2 Å². The minimum absolute atomic E-state index is 0.0524. The Bertz CT molecular complexity index is 563. The topological polar surface area (TPSA) is 78.9 Å². The predicted molar refractivity (Wildman–Crippen MR) is 74.2 cm³/mol.